The van der Waals surface area contributed by atoms with Crippen LogP contribution < -0.4 is 0 Å². The fourth-order valence-electron chi connectivity index (χ4n) is 3.34. The molecule has 2 nitrogen and oxygen atoms in total. The first-order chi connectivity index (χ1) is 10.3. The van der Waals surface area contributed by atoms with Crippen molar-refractivity contribution < 1.29 is 9.84 Å². The molecule has 0 bridgehead atoms. The van der Waals surface area contributed by atoms with Gasteiger partial charge in [0.15, 0.2) is 0 Å². The van der Waals surface area contributed by atoms with E-state index in [-0.39, 0.29) is 29.6 Å². The van der Waals surface area contributed by atoms with E-state index in [1.807, 2.05) is 6.08 Å². The second kappa shape index (κ2) is 8.31. The summed E-state index contributed by atoms with van der Waals surface area (Å²) in [7, 11) is 0. The highest BCUT2D eigenvalue weighted by Gasteiger charge is 2.47. The molecule has 0 spiro atoms. The molecular formula is C20H36O2. The van der Waals surface area contributed by atoms with Gasteiger partial charge in [-0.15, -0.1) is 0 Å². The Kier molecular flexibility index (Phi) is 7.34. The molecule has 0 aromatic rings. The Hall–Kier alpha value is -0.600. The molecule has 3 unspecified atom stereocenters. The monoisotopic (exact) mass is 308 g/mol. The molecule has 1 rings (SSSR count). The molecule has 1 fully saturated rings. The number of ether oxygens (including phenoxy) is 1. The van der Waals surface area contributed by atoms with Gasteiger partial charge in [-0.2, -0.15) is 0 Å². The lowest BCUT2D eigenvalue weighted by atomic mass is 9.65. The summed E-state index contributed by atoms with van der Waals surface area (Å²) in [6.45, 7) is 15.2. The van der Waals surface area contributed by atoms with Crippen molar-refractivity contribution in [2.24, 2.45) is 11.3 Å². The Labute approximate surface area is 137 Å². The van der Waals surface area contributed by atoms with Gasteiger partial charge < -0.3 is 9.84 Å². The van der Waals surface area contributed by atoms with Gasteiger partial charge in [0.05, 0.1) is 11.7 Å². The van der Waals surface area contributed by atoms with Crippen LogP contribution >= 0.6 is 0 Å². The summed E-state index contributed by atoms with van der Waals surface area (Å²) in [5, 5.41) is 9.70. The van der Waals surface area contributed by atoms with Crippen molar-refractivity contribution in [3.05, 3.63) is 24.3 Å². The van der Waals surface area contributed by atoms with Crippen LogP contribution in [0.25, 0.3) is 0 Å². The van der Waals surface area contributed by atoms with E-state index in [0.717, 1.165) is 19.3 Å². The average molecular weight is 309 g/mol. The average Bonchev–Trinajstić information content (AvgIpc) is 2.49. The number of hydrogen-bond donors (Lipinski definition) is 1. The summed E-state index contributed by atoms with van der Waals surface area (Å²) >= 11 is 0. The number of aliphatic hydroxyl groups excluding tert-OH is 1. The van der Waals surface area contributed by atoms with Crippen LogP contribution in [0.3, 0.4) is 0 Å². The van der Waals surface area contributed by atoms with Gasteiger partial charge in [-0.3, -0.25) is 0 Å². The smallest absolute Gasteiger partial charge is 0.0885 e. The third-order valence-corrected chi connectivity index (χ3v) is 5.43. The van der Waals surface area contributed by atoms with Gasteiger partial charge in [-0.1, -0.05) is 52.3 Å². The minimum atomic E-state index is -0.106. The third-order valence-electron chi connectivity index (χ3n) is 5.43. The highest BCUT2D eigenvalue weighted by Crippen LogP contribution is 2.48. The van der Waals surface area contributed by atoms with Crippen LogP contribution in [0.5, 0.6) is 0 Å². The van der Waals surface area contributed by atoms with Crippen LogP contribution in [-0.2, 0) is 4.74 Å². The zero-order chi connectivity index (χ0) is 16.8. The van der Waals surface area contributed by atoms with E-state index in [0.29, 0.717) is 0 Å². The van der Waals surface area contributed by atoms with Gasteiger partial charge in [0.25, 0.3) is 0 Å². The summed E-state index contributed by atoms with van der Waals surface area (Å²) in [6, 6.07) is 0. The van der Waals surface area contributed by atoms with Crippen LogP contribution in [0.1, 0.15) is 73.1 Å². The molecule has 1 aliphatic rings. The Bertz CT molecular complexity index is 383. The second-order valence-electron chi connectivity index (χ2n) is 7.75. The number of allylic oxidation sites excluding steroid dienone is 1. The van der Waals surface area contributed by atoms with Crippen LogP contribution in [0.15, 0.2) is 24.3 Å². The van der Waals surface area contributed by atoms with Crippen molar-refractivity contribution in [1.29, 1.82) is 0 Å². The Morgan fingerprint density at radius 1 is 1.32 bits per heavy atom. The number of aliphatic hydroxyl groups is 1. The SMILES string of the molecule is C=C/C(=C\CCCCC)C1OC(C)(C)CCC1(C)C(C)CO. The Balaban J connectivity index is 3.01. The molecule has 1 aliphatic heterocycles. The Morgan fingerprint density at radius 3 is 2.55 bits per heavy atom. The van der Waals surface area contributed by atoms with Gasteiger partial charge in [0.1, 0.15) is 0 Å². The first-order valence-electron chi connectivity index (χ1n) is 8.92. The lowest BCUT2D eigenvalue weighted by molar-refractivity contribution is -0.168. The largest absolute Gasteiger partial charge is 0.396 e. The predicted octanol–water partition coefficient (Wildman–Crippen LogP) is 5.27. The molecule has 0 aromatic carbocycles. The first kappa shape index (κ1) is 19.4. The number of rotatable bonds is 8. The fraction of sp³-hybridized carbons (Fsp3) is 0.800. The molecule has 1 saturated heterocycles. The molecule has 0 aliphatic carbocycles. The zero-order valence-corrected chi connectivity index (χ0v) is 15.3. The quantitative estimate of drug-likeness (QED) is 0.489. The maximum absolute atomic E-state index is 9.70. The van der Waals surface area contributed by atoms with Crippen molar-refractivity contribution in [2.75, 3.05) is 6.61 Å². The Morgan fingerprint density at radius 2 is 2.00 bits per heavy atom. The maximum Gasteiger partial charge on any atom is 0.0885 e. The molecule has 1 N–H and O–H groups in total. The molecule has 0 amide bonds. The lowest BCUT2D eigenvalue weighted by Gasteiger charge is -2.51. The van der Waals surface area contributed by atoms with Crippen molar-refractivity contribution in [1.82, 2.24) is 0 Å². The standard InChI is InChI=1S/C20H36O2/c1-7-9-10-11-12-17(8-2)18-20(6,16(3)15-21)14-13-19(4,5)22-18/h8,12,16,18,21H,2,7,9-11,13-15H2,1,3-6H3/b17-12+. The highest BCUT2D eigenvalue weighted by molar-refractivity contribution is 5.25. The van der Waals surface area contributed by atoms with Gasteiger partial charge >= 0.3 is 0 Å². The minimum Gasteiger partial charge on any atom is -0.396 e. The van der Waals surface area contributed by atoms with E-state index in [1.165, 1.54) is 24.8 Å². The summed E-state index contributed by atoms with van der Waals surface area (Å²) < 4.78 is 6.47. The molecule has 128 valence electrons. The zero-order valence-electron chi connectivity index (χ0n) is 15.3. The van der Waals surface area contributed by atoms with E-state index in [4.69, 9.17) is 4.74 Å². The lowest BCUT2D eigenvalue weighted by Crippen LogP contribution is -2.51. The fourth-order valence-corrected chi connectivity index (χ4v) is 3.34. The topological polar surface area (TPSA) is 29.5 Å². The van der Waals surface area contributed by atoms with E-state index < -0.39 is 0 Å². The predicted molar refractivity (Wildman–Crippen MR) is 95.0 cm³/mol. The molecular weight excluding hydrogens is 272 g/mol. The normalized spacial score (nSPS) is 30.1. The van der Waals surface area contributed by atoms with Crippen LogP contribution in [0.4, 0.5) is 0 Å². The molecule has 22 heavy (non-hydrogen) atoms. The van der Waals surface area contributed by atoms with E-state index in [2.05, 4.69) is 47.3 Å². The summed E-state index contributed by atoms with van der Waals surface area (Å²) in [5.41, 5.74) is 1.06. The van der Waals surface area contributed by atoms with Gasteiger partial charge in [-0.05, 0) is 51.0 Å². The number of unbranched alkanes of at least 4 members (excludes halogenated alkanes) is 3. The van der Waals surface area contributed by atoms with Gasteiger partial charge in [-0.25, -0.2) is 0 Å². The van der Waals surface area contributed by atoms with E-state index in [9.17, 15) is 5.11 Å². The molecule has 2 heteroatoms. The van der Waals surface area contributed by atoms with Gasteiger partial charge in [0.2, 0.25) is 0 Å². The van der Waals surface area contributed by atoms with Crippen LogP contribution in [0, 0.1) is 11.3 Å². The van der Waals surface area contributed by atoms with Crippen LogP contribution in [-0.4, -0.2) is 23.4 Å². The van der Waals surface area contributed by atoms with Crippen molar-refractivity contribution in [3.8, 4) is 0 Å². The molecule has 0 aromatic heterocycles. The summed E-state index contributed by atoms with van der Waals surface area (Å²) in [6.07, 6.45) is 11.2. The van der Waals surface area contributed by atoms with E-state index in [1.54, 1.807) is 0 Å². The molecule has 0 radical (unpaired) electrons. The van der Waals surface area contributed by atoms with Crippen molar-refractivity contribution >= 4 is 0 Å². The van der Waals surface area contributed by atoms with Crippen molar-refractivity contribution in [2.45, 2.75) is 84.8 Å². The minimum absolute atomic E-state index is 0.0255. The molecule has 0 saturated carbocycles. The first-order valence-corrected chi connectivity index (χ1v) is 8.92. The van der Waals surface area contributed by atoms with Crippen molar-refractivity contribution in [3.63, 3.8) is 0 Å². The highest BCUT2D eigenvalue weighted by atomic mass is 16.5. The molecule has 3 atom stereocenters. The van der Waals surface area contributed by atoms with Crippen LogP contribution in [0.2, 0.25) is 0 Å². The summed E-state index contributed by atoms with van der Waals surface area (Å²) in [4.78, 5) is 0. The second-order valence-corrected chi connectivity index (χ2v) is 7.75. The van der Waals surface area contributed by atoms with E-state index >= 15 is 0 Å². The number of hydrogen-bond acceptors (Lipinski definition) is 2. The third kappa shape index (κ3) is 4.70. The maximum atomic E-state index is 9.70. The summed E-state index contributed by atoms with van der Waals surface area (Å²) in [5.74, 6) is 0.215. The molecule has 1 heterocycles. The van der Waals surface area contributed by atoms with Gasteiger partial charge in [0, 0.05) is 12.0 Å².